The molecule has 1 fully saturated rings. The van der Waals surface area contributed by atoms with Crippen LogP contribution >= 0.6 is 0 Å². The van der Waals surface area contributed by atoms with Gasteiger partial charge < -0.3 is 10.1 Å². The van der Waals surface area contributed by atoms with Crippen molar-refractivity contribution in [1.82, 2.24) is 10.2 Å². The third-order valence-corrected chi connectivity index (χ3v) is 3.17. The Balaban J connectivity index is 1.97. The van der Waals surface area contributed by atoms with E-state index >= 15 is 0 Å². The van der Waals surface area contributed by atoms with Crippen molar-refractivity contribution < 1.29 is 19.1 Å². The monoisotopic (exact) mass is 291 g/mol. The summed E-state index contributed by atoms with van der Waals surface area (Å²) in [6.07, 6.45) is 0. The second kappa shape index (κ2) is 6.36. The van der Waals surface area contributed by atoms with Crippen molar-refractivity contribution in [2.24, 2.45) is 0 Å². The first-order chi connectivity index (χ1) is 10.0. The molecule has 1 heterocycles. The Morgan fingerprint density at radius 1 is 1.38 bits per heavy atom. The SMILES string of the molecule is COc1ccc(NC(=O)CN2C(=O)CNC(C)C2=O)cc1. The number of hydrogen-bond donors (Lipinski definition) is 2. The number of ether oxygens (including phenoxy) is 1. The van der Waals surface area contributed by atoms with E-state index in [0.29, 0.717) is 11.4 Å². The first-order valence-electron chi connectivity index (χ1n) is 6.52. The van der Waals surface area contributed by atoms with Gasteiger partial charge in [-0.05, 0) is 31.2 Å². The van der Waals surface area contributed by atoms with Gasteiger partial charge in [0.1, 0.15) is 12.3 Å². The number of rotatable bonds is 4. The van der Waals surface area contributed by atoms with Gasteiger partial charge in [0.25, 0.3) is 0 Å². The molecule has 7 nitrogen and oxygen atoms in total. The lowest BCUT2D eigenvalue weighted by molar-refractivity contribution is -0.150. The van der Waals surface area contributed by atoms with E-state index in [0.717, 1.165) is 4.90 Å². The van der Waals surface area contributed by atoms with Gasteiger partial charge >= 0.3 is 0 Å². The second-order valence-corrected chi connectivity index (χ2v) is 4.70. The van der Waals surface area contributed by atoms with Crippen molar-refractivity contribution in [3.8, 4) is 5.75 Å². The normalized spacial score (nSPS) is 18.6. The maximum absolute atomic E-state index is 11.9. The predicted molar refractivity (Wildman–Crippen MR) is 75.8 cm³/mol. The first-order valence-corrected chi connectivity index (χ1v) is 6.52. The zero-order valence-electron chi connectivity index (χ0n) is 11.9. The number of anilines is 1. The lowest BCUT2D eigenvalue weighted by atomic mass is 10.2. The molecule has 1 aromatic carbocycles. The van der Waals surface area contributed by atoms with Crippen LogP contribution in [0.15, 0.2) is 24.3 Å². The van der Waals surface area contributed by atoms with E-state index in [1.54, 1.807) is 38.3 Å². The fourth-order valence-electron chi connectivity index (χ4n) is 1.96. The molecule has 2 N–H and O–H groups in total. The minimum atomic E-state index is -0.462. The number of carbonyl (C=O) groups is 3. The maximum atomic E-state index is 11.9. The van der Waals surface area contributed by atoms with Gasteiger partial charge in [-0.1, -0.05) is 0 Å². The fraction of sp³-hybridized carbons (Fsp3) is 0.357. The fourth-order valence-corrected chi connectivity index (χ4v) is 1.96. The van der Waals surface area contributed by atoms with E-state index in [2.05, 4.69) is 10.6 Å². The summed E-state index contributed by atoms with van der Waals surface area (Å²) in [6.45, 7) is 1.43. The van der Waals surface area contributed by atoms with Crippen LogP contribution in [0.25, 0.3) is 0 Å². The first kappa shape index (κ1) is 15.0. The lowest BCUT2D eigenvalue weighted by Gasteiger charge is -2.29. The standard InChI is InChI=1S/C14H17N3O4/c1-9-14(20)17(13(19)7-15-9)8-12(18)16-10-3-5-11(21-2)6-4-10/h3-6,9,15H,7-8H2,1-2H3,(H,16,18). The molecule has 2 rings (SSSR count). The predicted octanol–water partition coefficient (Wildman–Crippen LogP) is -0.0194. The molecule has 0 aromatic heterocycles. The van der Waals surface area contributed by atoms with Crippen molar-refractivity contribution >= 4 is 23.4 Å². The molecule has 0 radical (unpaired) electrons. The third-order valence-electron chi connectivity index (χ3n) is 3.17. The van der Waals surface area contributed by atoms with Gasteiger partial charge in [0.2, 0.25) is 17.7 Å². The van der Waals surface area contributed by atoms with E-state index in [1.807, 2.05) is 0 Å². The van der Waals surface area contributed by atoms with E-state index in [1.165, 1.54) is 0 Å². The number of methoxy groups -OCH3 is 1. The summed E-state index contributed by atoms with van der Waals surface area (Å²) in [5.74, 6) is -0.538. The minimum absolute atomic E-state index is 0.0583. The molecule has 1 saturated heterocycles. The van der Waals surface area contributed by atoms with Crippen LogP contribution in [-0.4, -0.2) is 48.9 Å². The Bertz CT molecular complexity index is 556. The molecule has 0 bridgehead atoms. The summed E-state index contributed by atoms with van der Waals surface area (Å²) in [5, 5.41) is 5.40. The number of benzene rings is 1. The molecule has 1 aliphatic heterocycles. The molecule has 0 saturated carbocycles. The minimum Gasteiger partial charge on any atom is -0.497 e. The highest BCUT2D eigenvalue weighted by Crippen LogP contribution is 2.15. The molecule has 3 amide bonds. The average molecular weight is 291 g/mol. The Kier molecular flexibility index (Phi) is 4.54. The van der Waals surface area contributed by atoms with Crippen molar-refractivity contribution in [3.63, 3.8) is 0 Å². The summed E-state index contributed by atoms with van der Waals surface area (Å²) in [5.41, 5.74) is 0.573. The van der Waals surface area contributed by atoms with Gasteiger partial charge in [0.05, 0.1) is 19.7 Å². The Hall–Kier alpha value is -2.41. The summed E-state index contributed by atoms with van der Waals surface area (Å²) >= 11 is 0. The van der Waals surface area contributed by atoms with Gasteiger partial charge in [-0.15, -0.1) is 0 Å². The zero-order chi connectivity index (χ0) is 15.4. The van der Waals surface area contributed by atoms with Gasteiger partial charge in [-0.25, -0.2) is 0 Å². The molecule has 1 unspecified atom stereocenters. The number of carbonyl (C=O) groups excluding carboxylic acids is 3. The number of imide groups is 1. The molecule has 0 spiro atoms. The zero-order valence-corrected chi connectivity index (χ0v) is 11.9. The number of amides is 3. The van der Waals surface area contributed by atoms with E-state index < -0.39 is 23.8 Å². The molecular formula is C14H17N3O4. The van der Waals surface area contributed by atoms with Gasteiger partial charge in [0, 0.05) is 5.69 Å². The molecular weight excluding hydrogens is 274 g/mol. The van der Waals surface area contributed by atoms with Crippen LogP contribution in [0.2, 0.25) is 0 Å². The van der Waals surface area contributed by atoms with Crippen LogP contribution in [0.5, 0.6) is 5.75 Å². The van der Waals surface area contributed by atoms with Crippen LogP contribution in [0, 0.1) is 0 Å². The molecule has 1 aromatic rings. The molecule has 1 aliphatic rings. The van der Waals surface area contributed by atoms with Gasteiger partial charge in [0.15, 0.2) is 0 Å². The second-order valence-electron chi connectivity index (χ2n) is 4.70. The molecule has 112 valence electrons. The van der Waals surface area contributed by atoms with Crippen LogP contribution < -0.4 is 15.4 Å². The number of nitrogens with one attached hydrogen (secondary N) is 2. The average Bonchev–Trinajstić information content (AvgIpc) is 2.48. The van der Waals surface area contributed by atoms with Crippen molar-refractivity contribution in [2.45, 2.75) is 13.0 Å². The van der Waals surface area contributed by atoms with Crippen LogP contribution in [-0.2, 0) is 14.4 Å². The summed E-state index contributed by atoms with van der Waals surface area (Å²) in [7, 11) is 1.55. The number of hydrogen-bond acceptors (Lipinski definition) is 5. The summed E-state index contributed by atoms with van der Waals surface area (Å²) in [4.78, 5) is 36.4. The van der Waals surface area contributed by atoms with Gasteiger partial charge in [-0.2, -0.15) is 0 Å². The topological polar surface area (TPSA) is 87.7 Å². The lowest BCUT2D eigenvalue weighted by Crippen LogP contribution is -2.58. The molecule has 21 heavy (non-hydrogen) atoms. The maximum Gasteiger partial charge on any atom is 0.246 e. The third kappa shape index (κ3) is 3.57. The van der Waals surface area contributed by atoms with Gasteiger partial charge in [-0.3, -0.25) is 24.6 Å². The number of piperazine rings is 1. The molecule has 1 atom stereocenters. The van der Waals surface area contributed by atoms with E-state index in [4.69, 9.17) is 4.74 Å². The quantitative estimate of drug-likeness (QED) is 0.761. The van der Waals surface area contributed by atoms with Crippen molar-refractivity contribution in [2.75, 3.05) is 25.5 Å². The van der Waals surface area contributed by atoms with Crippen LogP contribution in [0.4, 0.5) is 5.69 Å². The van der Waals surface area contributed by atoms with Crippen LogP contribution in [0.3, 0.4) is 0 Å². The highest BCUT2D eigenvalue weighted by Gasteiger charge is 2.32. The summed E-state index contributed by atoms with van der Waals surface area (Å²) < 4.78 is 5.02. The number of nitrogens with zero attached hydrogens (tertiary/aromatic N) is 1. The van der Waals surface area contributed by atoms with Crippen molar-refractivity contribution in [3.05, 3.63) is 24.3 Å². The van der Waals surface area contributed by atoms with Crippen molar-refractivity contribution in [1.29, 1.82) is 0 Å². The summed E-state index contributed by atoms with van der Waals surface area (Å²) in [6, 6.07) is 6.32. The van der Waals surface area contributed by atoms with E-state index in [9.17, 15) is 14.4 Å². The Morgan fingerprint density at radius 3 is 2.67 bits per heavy atom. The van der Waals surface area contributed by atoms with Crippen LogP contribution in [0.1, 0.15) is 6.92 Å². The Labute approximate surface area is 122 Å². The molecule has 0 aliphatic carbocycles. The molecule has 7 heteroatoms. The smallest absolute Gasteiger partial charge is 0.246 e. The highest BCUT2D eigenvalue weighted by molar-refractivity contribution is 6.05. The highest BCUT2D eigenvalue weighted by atomic mass is 16.5. The largest absolute Gasteiger partial charge is 0.497 e. The van der Waals surface area contributed by atoms with E-state index in [-0.39, 0.29) is 13.1 Å². The Morgan fingerprint density at radius 2 is 2.05 bits per heavy atom.